The molecule has 0 saturated carbocycles. The number of hydrogen-bond acceptors (Lipinski definition) is 5. The number of nitrogens with one attached hydrogen (secondary N) is 1. The molecule has 3 rings (SSSR count). The van der Waals surface area contributed by atoms with Gasteiger partial charge in [-0.05, 0) is 43.4 Å². The maximum atomic E-state index is 12.2. The molecule has 1 fully saturated rings. The standard InChI is InChI=1S/C19H23ClN4OS/c1-13-5-7-24(8-6-13)17-10-19(22-12-21-17)26-11-18(25)23-16-9-15(20)4-3-14(16)2/h3-4,9-10,12-13H,5-8,11H2,1-2H3,(H,23,25). The third-order valence-corrected chi connectivity index (χ3v) is 5.72. The molecule has 2 heterocycles. The second-order valence-electron chi connectivity index (χ2n) is 6.68. The van der Waals surface area contributed by atoms with E-state index < -0.39 is 0 Å². The van der Waals surface area contributed by atoms with Crippen molar-refractivity contribution in [3.8, 4) is 0 Å². The van der Waals surface area contributed by atoms with E-state index in [0.717, 1.165) is 41.1 Å². The molecule has 0 aliphatic carbocycles. The number of aromatic nitrogens is 2. The SMILES string of the molecule is Cc1ccc(Cl)cc1NC(=O)CSc1cc(N2CCC(C)CC2)ncn1. The van der Waals surface area contributed by atoms with Crippen LogP contribution < -0.4 is 10.2 Å². The Balaban J connectivity index is 1.56. The molecule has 5 nitrogen and oxygen atoms in total. The highest BCUT2D eigenvalue weighted by molar-refractivity contribution is 7.99. The minimum absolute atomic E-state index is 0.0765. The quantitative estimate of drug-likeness (QED) is 0.605. The Morgan fingerprint density at radius 2 is 2.08 bits per heavy atom. The molecule has 0 spiro atoms. The molecule has 0 atom stereocenters. The first-order valence-electron chi connectivity index (χ1n) is 8.77. The first-order valence-corrected chi connectivity index (χ1v) is 10.1. The molecule has 1 amide bonds. The van der Waals surface area contributed by atoms with E-state index in [2.05, 4.69) is 27.1 Å². The van der Waals surface area contributed by atoms with Gasteiger partial charge in [0.2, 0.25) is 5.91 Å². The highest BCUT2D eigenvalue weighted by Crippen LogP contribution is 2.25. The Morgan fingerprint density at radius 1 is 1.31 bits per heavy atom. The average Bonchev–Trinajstić information content (AvgIpc) is 2.64. The van der Waals surface area contributed by atoms with Crippen LogP contribution in [-0.2, 0) is 4.79 Å². The van der Waals surface area contributed by atoms with E-state index in [-0.39, 0.29) is 5.91 Å². The highest BCUT2D eigenvalue weighted by atomic mass is 35.5. The van der Waals surface area contributed by atoms with Crippen molar-refractivity contribution in [2.24, 2.45) is 5.92 Å². The fourth-order valence-corrected chi connectivity index (χ4v) is 3.71. The van der Waals surface area contributed by atoms with E-state index in [1.54, 1.807) is 12.4 Å². The first kappa shape index (κ1) is 19.0. The number of piperidine rings is 1. The third kappa shape index (κ3) is 5.11. The molecule has 1 aliphatic heterocycles. The van der Waals surface area contributed by atoms with E-state index in [0.29, 0.717) is 10.8 Å². The number of aryl methyl sites for hydroxylation is 1. The van der Waals surface area contributed by atoms with E-state index in [1.165, 1.54) is 24.6 Å². The monoisotopic (exact) mass is 390 g/mol. The summed E-state index contributed by atoms with van der Waals surface area (Å²) in [5.74, 6) is 1.94. The molecule has 138 valence electrons. The number of amides is 1. The first-order chi connectivity index (χ1) is 12.5. The van der Waals surface area contributed by atoms with E-state index in [4.69, 9.17) is 11.6 Å². The maximum absolute atomic E-state index is 12.2. The fraction of sp³-hybridized carbons (Fsp3) is 0.421. The zero-order valence-corrected chi connectivity index (χ0v) is 16.6. The number of anilines is 2. The van der Waals surface area contributed by atoms with Crippen molar-refractivity contribution in [1.82, 2.24) is 9.97 Å². The van der Waals surface area contributed by atoms with Crippen molar-refractivity contribution in [3.63, 3.8) is 0 Å². The average molecular weight is 391 g/mol. The van der Waals surface area contributed by atoms with Crippen molar-refractivity contribution < 1.29 is 4.79 Å². The second kappa shape index (κ2) is 8.73. The lowest BCUT2D eigenvalue weighted by Crippen LogP contribution is -2.33. The number of rotatable bonds is 5. The topological polar surface area (TPSA) is 58.1 Å². The maximum Gasteiger partial charge on any atom is 0.234 e. The van der Waals surface area contributed by atoms with Gasteiger partial charge in [0.05, 0.1) is 5.75 Å². The molecule has 2 aromatic rings. The van der Waals surface area contributed by atoms with Gasteiger partial charge in [-0.2, -0.15) is 0 Å². The number of thioether (sulfide) groups is 1. The van der Waals surface area contributed by atoms with Crippen LogP contribution in [0.2, 0.25) is 5.02 Å². The van der Waals surface area contributed by atoms with Crippen molar-refractivity contribution in [3.05, 3.63) is 41.2 Å². The number of carbonyl (C=O) groups is 1. The van der Waals surface area contributed by atoms with Gasteiger partial charge in [0.1, 0.15) is 17.2 Å². The summed E-state index contributed by atoms with van der Waals surface area (Å²) in [6.45, 7) is 6.28. The lowest BCUT2D eigenvalue weighted by molar-refractivity contribution is -0.113. The summed E-state index contributed by atoms with van der Waals surface area (Å²) in [5, 5.41) is 4.32. The molecular formula is C19H23ClN4OS. The highest BCUT2D eigenvalue weighted by Gasteiger charge is 2.17. The Bertz CT molecular complexity index is 778. The van der Waals surface area contributed by atoms with Gasteiger partial charge in [-0.15, -0.1) is 0 Å². The Morgan fingerprint density at radius 3 is 2.85 bits per heavy atom. The lowest BCUT2D eigenvalue weighted by Gasteiger charge is -2.31. The molecule has 1 saturated heterocycles. The Labute approximate surface area is 163 Å². The largest absolute Gasteiger partial charge is 0.356 e. The Kier molecular flexibility index (Phi) is 6.38. The van der Waals surface area contributed by atoms with Crippen LogP contribution in [-0.4, -0.2) is 34.7 Å². The summed E-state index contributed by atoms with van der Waals surface area (Å²) < 4.78 is 0. The van der Waals surface area contributed by atoms with Crippen molar-refractivity contribution >= 4 is 40.8 Å². The smallest absolute Gasteiger partial charge is 0.234 e. The van der Waals surface area contributed by atoms with Crippen LogP contribution >= 0.6 is 23.4 Å². The Hall–Kier alpha value is -1.79. The normalized spacial score (nSPS) is 15.1. The number of halogens is 1. The molecule has 0 bridgehead atoms. The van der Waals surface area contributed by atoms with Crippen LogP contribution in [0.25, 0.3) is 0 Å². The van der Waals surface area contributed by atoms with Crippen LogP contribution in [0.4, 0.5) is 11.5 Å². The number of nitrogens with zero attached hydrogens (tertiary/aromatic N) is 3. The zero-order valence-electron chi connectivity index (χ0n) is 15.0. The number of carbonyl (C=O) groups excluding carboxylic acids is 1. The third-order valence-electron chi connectivity index (χ3n) is 4.56. The van der Waals surface area contributed by atoms with Crippen molar-refractivity contribution in [2.45, 2.75) is 31.7 Å². The van der Waals surface area contributed by atoms with Crippen LogP contribution in [0.15, 0.2) is 35.6 Å². The molecule has 1 aromatic heterocycles. The fourth-order valence-electron chi connectivity index (χ4n) is 2.87. The predicted molar refractivity (Wildman–Crippen MR) is 108 cm³/mol. The van der Waals surface area contributed by atoms with Gasteiger partial charge in [-0.25, -0.2) is 9.97 Å². The second-order valence-corrected chi connectivity index (χ2v) is 8.11. The molecule has 1 aliphatic rings. The van der Waals surface area contributed by atoms with Crippen LogP contribution in [0.1, 0.15) is 25.3 Å². The van der Waals surface area contributed by atoms with E-state index in [9.17, 15) is 4.79 Å². The van der Waals surface area contributed by atoms with E-state index >= 15 is 0 Å². The summed E-state index contributed by atoms with van der Waals surface area (Å²) in [7, 11) is 0. The van der Waals surface area contributed by atoms with Crippen LogP contribution in [0, 0.1) is 12.8 Å². The summed E-state index contributed by atoms with van der Waals surface area (Å²) >= 11 is 7.41. The summed E-state index contributed by atoms with van der Waals surface area (Å²) in [5.41, 5.74) is 1.73. The molecule has 0 radical (unpaired) electrons. The summed E-state index contributed by atoms with van der Waals surface area (Å²) in [6, 6.07) is 7.44. The van der Waals surface area contributed by atoms with E-state index in [1.807, 2.05) is 25.1 Å². The van der Waals surface area contributed by atoms with Gasteiger partial charge in [-0.3, -0.25) is 4.79 Å². The van der Waals surface area contributed by atoms with Gasteiger partial charge in [0.25, 0.3) is 0 Å². The minimum atomic E-state index is -0.0765. The van der Waals surface area contributed by atoms with Crippen molar-refractivity contribution in [2.75, 3.05) is 29.1 Å². The van der Waals surface area contributed by atoms with Crippen molar-refractivity contribution in [1.29, 1.82) is 0 Å². The van der Waals surface area contributed by atoms with Gasteiger partial charge < -0.3 is 10.2 Å². The number of benzene rings is 1. The van der Waals surface area contributed by atoms with Crippen LogP contribution in [0.5, 0.6) is 0 Å². The predicted octanol–water partition coefficient (Wildman–Crippen LogP) is 4.41. The summed E-state index contributed by atoms with van der Waals surface area (Å²) in [6.07, 6.45) is 3.95. The van der Waals surface area contributed by atoms with Gasteiger partial charge in [-0.1, -0.05) is 36.4 Å². The molecule has 7 heteroatoms. The van der Waals surface area contributed by atoms with Crippen LogP contribution in [0.3, 0.4) is 0 Å². The lowest BCUT2D eigenvalue weighted by atomic mass is 9.99. The molecule has 1 aromatic carbocycles. The molecule has 1 N–H and O–H groups in total. The molecule has 0 unspecified atom stereocenters. The van der Waals surface area contributed by atoms with Gasteiger partial charge in [0.15, 0.2) is 0 Å². The number of hydrogen-bond donors (Lipinski definition) is 1. The zero-order chi connectivity index (χ0) is 18.5. The minimum Gasteiger partial charge on any atom is -0.356 e. The van der Waals surface area contributed by atoms with Gasteiger partial charge >= 0.3 is 0 Å². The summed E-state index contributed by atoms with van der Waals surface area (Å²) in [4.78, 5) is 23.2. The van der Waals surface area contributed by atoms with Gasteiger partial charge in [0, 0.05) is 29.9 Å². The molecule has 26 heavy (non-hydrogen) atoms. The molecular weight excluding hydrogens is 368 g/mol.